The minimum atomic E-state index is -0.431. The van der Waals surface area contributed by atoms with Crippen LogP contribution in [-0.2, 0) is 21.7 Å². The van der Waals surface area contributed by atoms with E-state index in [1.807, 2.05) is 18.3 Å². The van der Waals surface area contributed by atoms with Crippen LogP contribution in [0.2, 0.25) is 0 Å². The highest BCUT2D eigenvalue weighted by Gasteiger charge is 2.35. The third-order valence-corrected chi connectivity index (χ3v) is 17.9. The Morgan fingerprint density at radius 2 is 1.09 bits per heavy atom. The van der Waals surface area contributed by atoms with E-state index in [9.17, 15) is 2.74 Å². The Labute approximate surface area is 528 Å². The van der Waals surface area contributed by atoms with Crippen LogP contribution in [0.1, 0.15) is 163 Å². The Kier molecular flexibility index (Phi) is 12.8. The Morgan fingerprint density at radius 3 is 1.74 bits per heavy atom. The smallest absolute Gasteiger partial charge is 0.145 e. The second kappa shape index (κ2) is 21.5. The van der Waals surface area contributed by atoms with E-state index in [4.69, 9.17) is 18.3 Å². The molecule has 9 aromatic carbocycles. The Balaban J connectivity index is 1.05. The van der Waals surface area contributed by atoms with Crippen LogP contribution in [0, 0.1) is 0 Å². The van der Waals surface area contributed by atoms with Gasteiger partial charge in [-0.2, -0.15) is 0 Å². The van der Waals surface area contributed by atoms with Crippen LogP contribution in [0.3, 0.4) is 0 Å². The van der Waals surface area contributed by atoms with Crippen LogP contribution in [0.15, 0.2) is 199 Å². The van der Waals surface area contributed by atoms with E-state index < -0.39 is 11.5 Å². The number of hydrogen-bond acceptors (Lipinski definition) is 5. The fraction of sp³-hybridized carbons (Fsp3) is 0.280. The summed E-state index contributed by atoms with van der Waals surface area (Å²) in [5, 5.41) is 4.13. The SMILES string of the molecule is [2H]c1c([2H])c([2H])c(-c2cc(C(C)(C)C)cc(-c3cc(C(C)(C)C)cc(C(C)(C)C)c3)c2N2CN(c3cc(Oc4ccc5c6c7oc8ccccc8c7ccc6n(-c6cc(C(C)(C)C)ccn6)c5c4)cc(-c4c(C(C)C)cccc4C(C)C)c3)c3ccccc32)c([2H])c1[2H]. The first-order valence-corrected chi connectivity index (χ1v) is 31.2. The first-order valence-electron chi connectivity index (χ1n) is 33.7. The standard InChI is InChI=1S/C82H84N4O2/c1-50(2)62-28-24-29-63(51(3)4)75(62)54-41-59(47-61(42-54)87-60-33-34-66-72(48-60)86(74-46-55(37-38-83-74)79(5,6)7)71-36-35-65-64-27-20-23-32-73(64)88-78(65)76(66)71)84-49-85(70-31-22-21-30-69(70)84)77-67(52-25-18-17-19-26-52)44-58(82(14,15)16)45-68(77)53-39-56(80(8,9)10)43-57(40-53)81(11,12)13/h17-48,50-51H,49H2,1-16H3/i17D,18D,19D,25D,26D. The van der Waals surface area contributed by atoms with Crippen LogP contribution < -0.4 is 14.5 Å². The molecule has 0 saturated heterocycles. The van der Waals surface area contributed by atoms with Gasteiger partial charge >= 0.3 is 0 Å². The highest BCUT2D eigenvalue weighted by molar-refractivity contribution is 6.24. The van der Waals surface area contributed by atoms with Crippen LogP contribution in [-0.4, -0.2) is 16.2 Å². The number of hydrogen-bond donors (Lipinski definition) is 0. The molecule has 0 spiro atoms. The van der Waals surface area contributed by atoms with Gasteiger partial charge in [-0.25, -0.2) is 4.98 Å². The quantitative estimate of drug-likeness (QED) is 0.137. The van der Waals surface area contributed by atoms with Crippen molar-refractivity contribution in [3.05, 3.63) is 228 Å². The van der Waals surface area contributed by atoms with Crippen molar-refractivity contribution >= 4 is 66.5 Å². The van der Waals surface area contributed by atoms with E-state index in [0.29, 0.717) is 23.7 Å². The molecular formula is C82H84N4O2. The number of nitrogens with zero attached hydrogens (tertiary/aromatic N) is 4. The topological polar surface area (TPSA) is 46.7 Å². The lowest BCUT2D eigenvalue weighted by Gasteiger charge is -2.32. The molecule has 6 nitrogen and oxygen atoms in total. The molecule has 6 heteroatoms. The molecule has 13 rings (SSSR count). The molecule has 0 amide bonds. The summed E-state index contributed by atoms with van der Waals surface area (Å²) >= 11 is 0. The summed E-state index contributed by atoms with van der Waals surface area (Å²) < 4.78 is 62.9. The van der Waals surface area contributed by atoms with E-state index in [-0.39, 0.29) is 57.8 Å². The molecule has 444 valence electrons. The average Bonchev–Trinajstić information content (AvgIpc) is 1.65. The van der Waals surface area contributed by atoms with Crippen molar-refractivity contribution in [2.75, 3.05) is 16.5 Å². The Bertz CT molecular complexity index is 4920. The minimum absolute atomic E-state index is 0.129. The Morgan fingerprint density at radius 1 is 0.489 bits per heavy atom. The highest BCUT2D eigenvalue weighted by Crippen LogP contribution is 2.54. The molecule has 12 aromatic rings. The van der Waals surface area contributed by atoms with Crippen molar-refractivity contribution in [3.63, 3.8) is 0 Å². The highest BCUT2D eigenvalue weighted by atomic mass is 16.5. The molecule has 0 fully saturated rings. The number of pyridine rings is 1. The van der Waals surface area contributed by atoms with Gasteiger partial charge < -0.3 is 19.0 Å². The second-order valence-corrected chi connectivity index (χ2v) is 29.0. The zero-order chi connectivity index (χ0) is 66.3. The summed E-state index contributed by atoms with van der Waals surface area (Å²) in [5.41, 5.74) is 17.8. The number of aromatic nitrogens is 2. The normalized spacial score (nSPS) is 14.1. The van der Waals surface area contributed by atoms with Crippen LogP contribution in [0.4, 0.5) is 22.7 Å². The molecule has 0 radical (unpaired) electrons. The van der Waals surface area contributed by atoms with Crippen molar-refractivity contribution in [1.29, 1.82) is 0 Å². The maximum atomic E-state index is 9.70. The number of rotatable bonds is 10. The predicted octanol–water partition coefficient (Wildman–Crippen LogP) is 23.6. The van der Waals surface area contributed by atoms with Gasteiger partial charge in [-0.3, -0.25) is 4.57 Å². The largest absolute Gasteiger partial charge is 0.457 e. The number of anilines is 4. The van der Waals surface area contributed by atoms with Gasteiger partial charge in [0.15, 0.2) is 0 Å². The van der Waals surface area contributed by atoms with E-state index in [1.165, 1.54) is 33.4 Å². The summed E-state index contributed by atoms with van der Waals surface area (Å²) in [6, 6.07) is 54.6. The van der Waals surface area contributed by atoms with Crippen molar-refractivity contribution in [2.45, 2.75) is 144 Å². The molecule has 88 heavy (non-hydrogen) atoms. The lowest BCUT2D eigenvalue weighted by molar-refractivity contribution is 0.483. The van der Waals surface area contributed by atoms with Gasteiger partial charge in [0.2, 0.25) is 0 Å². The van der Waals surface area contributed by atoms with E-state index in [0.717, 1.165) is 94.6 Å². The van der Waals surface area contributed by atoms with Crippen molar-refractivity contribution in [3.8, 4) is 50.7 Å². The van der Waals surface area contributed by atoms with E-state index in [2.05, 4.69) is 271 Å². The molecule has 4 heterocycles. The number of benzene rings is 9. The first-order chi connectivity index (χ1) is 43.9. The summed E-state index contributed by atoms with van der Waals surface area (Å²) in [6.45, 7) is 36.0. The van der Waals surface area contributed by atoms with Gasteiger partial charge in [0.25, 0.3) is 0 Å². The molecule has 1 aliphatic rings. The Hall–Kier alpha value is -8.87. The van der Waals surface area contributed by atoms with Crippen LogP contribution in [0.25, 0.3) is 82.9 Å². The van der Waals surface area contributed by atoms with E-state index in [1.54, 1.807) is 0 Å². The molecule has 0 saturated carbocycles. The van der Waals surface area contributed by atoms with Gasteiger partial charge in [-0.1, -0.05) is 208 Å². The fourth-order valence-corrected chi connectivity index (χ4v) is 13.0. The van der Waals surface area contributed by atoms with E-state index >= 15 is 0 Å². The minimum Gasteiger partial charge on any atom is -0.457 e. The summed E-state index contributed by atoms with van der Waals surface area (Å²) in [4.78, 5) is 9.71. The third kappa shape index (κ3) is 10.4. The summed E-state index contributed by atoms with van der Waals surface area (Å²) in [6.07, 6.45) is 1.91. The molecule has 0 unspecified atom stereocenters. The van der Waals surface area contributed by atoms with Crippen LogP contribution in [0.5, 0.6) is 11.5 Å². The summed E-state index contributed by atoms with van der Waals surface area (Å²) in [5.74, 6) is 2.49. The monoisotopic (exact) mass is 1160 g/mol. The van der Waals surface area contributed by atoms with Gasteiger partial charge in [-0.15, -0.1) is 0 Å². The molecule has 0 aliphatic carbocycles. The maximum absolute atomic E-state index is 9.70. The predicted molar refractivity (Wildman–Crippen MR) is 374 cm³/mol. The molecule has 0 N–H and O–H groups in total. The maximum Gasteiger partial charge on any atom is 0.145 e. The third-order valence-electron chi connectivity index (χ3n) is 17.9. The van der Waals surface area contributed by atoms with Gasteiger partial charge in [0.05, 0.1) is 40.3 Å². The molecular weight excluding hydrogens is 1070 g/mol. The van der Waals surface area contributed by atoms with Crippen molar-refractivity contribution in [1.82, 2.24) is 9.55 Å². The zero-order valence-electron chi connectivity index (χ0n) is 59.1. The average molecular weight is 1160 g/mol. The number of fused-ring (bicyclic) bond motifs is 8. The lowest BCUT2D eigenvalue weighted by atomic mass is 9.77. The number of para-hydroxylation sites is 3. The summed E-state index contributed by atoms with van der Waals surface area (Å²) in [7, 11) is 0. The van der Waals surface area contributed by atoms with Crippen LogP contribution >= 0.6 is 0 Å². The number of furan rings is 1. The zero-order valence-corrected chi connectivity index (χ0v) is 54.1. The second-order valence-electron chi connectivity index (χ2n) is 29.0. The lowest BCUT2D eigenvalue weighted by Crippen LogP contribution is -2.25. The van der Waals surface area contributed by atoms with Gasteiger partial charge in [0.1, 0.15) is 35.2 Å². The molecule has 1 aliphatic heterocycles. The van der Waals surface area contributed by atoms with Crippen molar-refractivity contribution < 1.29 is 16.0 Å². The number of ether oxygens (including phenoxy) is 1. The fourth-order valence-electron chi connectivity index (χ4n) is 13.0. The van der Waals surface area contributed by atoms with Gasteiger partial charge in [-0.05, 0) is 168 Å². The molecule has 0 atom stereocenters. The first kappa shape index (κ1) is 52.3. The molecule has 0 bridgehead atoms. The van der Waals surface area contributed by atoms with Gasteiger partial charge in [0, 0.05) is 51.3 Å². The van der Waals surface area contributed by atoms with Crippen molar-refractivity contribution in [2.24, 2.45) is 0 Å². The molecule has 3 aromatic heterocycles.